The molecule has 8 heteroatoms. The van der Waals surface area contributed by atoms with Gasteiger partial charge in [0.05, 0.1) is 6.54 Å². The molecule has 0 bridgehead atoms. The van der Waals surface area contributed by atoms with E-state index in [-0.39, 0.29) is 0 Å². The zero-order chi connectivity index (χ0) is 17.7. The summed E-state index contributed by atoms with van der Waals surface area (Å²) in [6.45, 7) is 0.346. The Morgan fingerprint density at radius 1 is 1.29 bits per heavy atom. The molecule has 1 aromatic rings. The van der Waals surface area contributed by atoms with Gasteiger partial charge in [0.15, 0.2) is 6.10 Å². The van der Waals surface area contributed by atoms with Crippen molar-refractivity contribution in [3.63, 3.8) is 0 Å². The molecule has 5 nitrogen and oxygen atoms in total. The van der Waals surface area contributed by atoms with Gasteiger partial charge in [-0.25, -0.2) is 4.79 Å². The number of urea groups is 1. The topological polar surface area (TPSA) is 69.6 Å². The van der Waals surface area contributed by atoms with Crippen LogP contribution >= 0.6 is 0 Å². The average molecular weight is 342 g/mol. The van der Waals surface area contributed by atoms with Crippen molar-refractivity contribution in [3.8, 4) is 0 Å². The molecule has 1 aromatic carbocycles. The molecule has 1 saturated heterocycles. The van der Waals surface area contributed by atoms with Gasteiger partial charge in [-0.15, -0.1) is 0 Å². The lowest BCUT2D eigenvalue weighted by Gasteiger charge is -2.24. The largest absolute Gasteiger partial charge is 0.416 e. The fourth-order valence-corrected chi connectivity index (χ4v) is 3.22. The quantitative estimate of drug-likeness (QED) is 0.824. The second kappa shape index (κ2) is 5.47. The Labute approximate surface area is 136 Å². The molecule has 24 heavy (non-hydrogen) atoms. The summed E-state index contributed by atoms with van der Waals surface area (Å²) in [6.07, 6.45) is -4.82. The van der Waals surface area contributed by atoms with Crippen LogP contribution in [0.15, 0.2) is 18.2 Å². The minimum atomic E-state index is -4.90. The van der Waals surface area contributed by atoms with Crippen LogP contribution in [0.4, 0.5) is 18.0 Å². The van der Waals surface area contributed by atoms with Crippen LogP contribution in [-0.2, 0) is 23.2 Å². The lowest BCUT2D eigenvalue weighted by atomic mass is 9.89. The minimum Gasteiger partial charge on any atom is -0.382 e. The molecule has 0 aromatic heterocycles. The number of aliphatic hydroxyl groups is 1. The summed E-state index contributed by atoms with van der Waals surface area (Å²) in [4.78, 5) is 25.0. The van der Waals surface area contributed by atoms with Crippen LogP contribution < -0.4 is 5.32 Å². The highest BCUT2D eigenvalue weighted by Crippen LogP contribution is 2.33. The maximum atomic E-state index is 12.6. The molecule has 0 spiro atoms. The zero-order valence-electron chi connectivity index (χ0n) is 13.0. The normalized spacial score (nSPS) is 25.0. The number of alkyl halides is 3. The summed E-state index contributed by atoms with van der Waals surface area (Å²) >= 11 is 0. The van der Waals surface area contributed by atoms with Crippen LogP contribution in [0.3, 0.4) is 0 Å². The number of aryl methyl sites for hydroxylation is 2. The first-order chi connectivity index (χ1) is 11.1. The van der Waals surface area contributed by atoms with E-state index in [0.717, 1.165) is 24.8 Å². The van der Waals surface area contributed by atoms with Crippen molar-refractivity contribution in [1.82, 2.24) is 10.2 Å². The highest BCUT2D eigenvalue weighted by molar-refractivity contribution is 6.07. The second-order valence-corrected chi connectivity index (χ2v) is 6.37. The van der Waals surface area contributed by atoms with E-state index in [1.54, 1.807) is 6.07 Å². The van der Waals surface area contributed by atoms with E-state index < -0.39 is 36.3 Å². The van der Waals surface area contributed by atoms with Crippen molar-refractivity contribution in [2.45, 2.75) is 44.0 Å². The third-order valence-corrected chi connectivity index (χ3v) is 4.68. The Balaban J connectivity index is 1.87. The van der Waals surface area contributed by atoms with Crippen molar-refractivity contribution in [3.05, 3.63) is 34.9 Å². The lowest BCUT2D eigenvalue weighted by Crippen LogP contribution is -2.45. The van der Waals surface area contributed by atoms with E-state index >= 15 is 0 Å². The number of hydrogen-bond acceptors (Lipinski definition) is 3. The van der Waals surface area contributed by atoms with Gasteiger partial charge in [-0.3, -0.25) is 9.69 Å². The van der Waals surface area contributed by atoms with Crippen molar-refractivity contribution in [2.24, 2.45) is 0 Å². The molecular weight excluding hydrogens is 325 g/mol. The molecule has 0 saturated carbocycles. The first kappa shape index (κ1) is 16.8. The van der Waals surface area contributed by atoms with Crippen LogP contribution in [0.5, 0.6) is 0 Å². The molecule has 0 radical (unpaired) electrons. The molecule has 1 aliphatic carbocycles. The van der Waals surface area contributed by atoms with Gasteiger partial charge in [-0.1, -0.05) is 18.2 Å². The maximum absolute atomic E-state index is 12.6. The minimum absolute atomic E-state index is 0.422. The van der Waals surface area contributed by atoms with Crippen molar-refractivity contribution in [2.75, 3.05) is 6.54 Å². The Kier molecular flexibility index (Phi) is 3.82. The van der Waals surface area contributed by atoms with E-state index in [9.17, 15) is 22.8 Å². The summed E-state index contributed by atoms with van der Waals surface area (Å²) in [6, 6.07) is 4.48. The highest BCUT2D eigenvalue weighted by atomic mass is 19.4. The number of rotatable bonds is 3. The molecule has 1 fully saturated rings. The molecule has 1 heterocycles. The summed E-state index contributed by atoms with van der Waals surface area (Å²) in [7, 11) is 0. The molecule has 1 aliphatic heterocycles. The Hall–Kier alpha value is -2.09. The Morgan fingerprint density at radius 2 is 1.96 bits per heavy atom. The van der Waals surface area contributed by atoms with Gasteiger partial charge in [0, 0.05) is 0 Å². The van der Waals surface area contributed by atoms with E-state index in [1.165, 1.54) is 12.5 Å². The number of benzene rings is 1. The van der Waals surface area contributed by atoms with Gasteiger partial charge in [-0.2, -0.15) is 13.2 Å². The highest BCUT2D eigenvalue weighted by Gasteiger charge is 2.51. The monoisotopic (exact) mass is 342 g/mol. The van der Waals surface area contributed by atoms with Crippen molar-refractivity contribution < 1.29 is 27.9 Å². The molecule has 3 rings (SSSR count). The fourth-order valence-electron chi connectivity index (χ4n) is 3.22. The van der Waals surface area contributed by atoms with Crippen molar-refractivity contribution >= 4 is 11.9 Å². The van der Waals surface area contributed by atoms with Crippen LogP contribution in [-0.4, -0.2) is 40.8 Å². The fraction of sp³-hybridized carbons (Fsp3) is 0.500. The number of carbonyl (C=O) groups excluding carboxylic acids is 2. The number of aliphatic hydroxyl groups excluding tert-OH is 1. The summed E-state index contributed by atoms with van der Waals surface area (Å²) in [5.41, 5.74) is 1.37. The number of carbonyl (C=O) groups is 2. The Morgan fingerprint density at radius 3 is 2.62 bits per heavy atom. The molecular formula is C16H17F3N2O3. The van der Waals surface area contributed by atoms with Gasteiger partial charge >= 0.3 is 12.2 Å². The number of imide groups is 1. The summed E-state index contributed by atoms with van der Waals surface area (Å²) < 4.78 is 37.5. The number of hydrogen-bond donors (Lipinski definition) is 2. The predicted octanol–water partition coefficient (Wildman–Crippen LogP) is 1.87. The third-order valence-electron chi connectivity index (χ3n) is 4.68. The number of nitrogens with one attached hydrogen (secondary N) is 1. The number of β-amino-alcohol motifs (C(OH)–C–C–N with tert-alkyl or cyclic N) is 1. The molecule has 130 valence electrons. The third kappa shape index (κ3) is 2.64. The van der Waals surface area contributed by atoms with E-state index in [2.05, 4.69) is 5.32 Å². The average Bonchev–Trinajstić information content (AvgIpc) is 3.04. The van der Waals surface area contributed by atoms with Gasteiger partial charge in [0.25, 0.3) is 5.91 Å². The van der Waals surface area contributed by atoms with E-state index in [4.69, 9.17) is 5.11 Å². The van der Waals surface area contributed by atoms with Gasteiger partial charge < -0.3 is 10.4 Å². The first-order valence-corrected chi connectivity index (χ1v) is 7.64. The van der Waals surface area contributed by atoms with Crippen LogP contribution in [0.25, 0.3) is 0 Å². The summed E-state index contributed by atoms with van der Waals surface area (Å²) in [5, 5.41) is 11.6. The van der Waals surface area contributed by atoms with E-state index in [1.807, 2.05) is 12.1 Å². The molecule has 2 atom stereocenters. The van der Waals surface area contributed by atoms with Crippen molar-refractivity contribution in [1.29, 1.82) is 0 Å². The van der Waals surface area contributed by atoms with Gasteiger partial charge in [-0.05, 0) is 42.9 Å². The smallest absolute Gasteiger partial charge is 0.382 e. The first-order valence-electron chi connectivity index (χ1n) is 7.64. The molecule has 3 amide bonds. The molecule has 0 unspecified atom stereocenters. The SMILES string of the molecule is C[C@@]1(c2ccc3c(c2)CCC3)NC(=O)N(C[C@H](O)C(F)(F)F)C1=O. The Bertz CT molecular complexity index is 704. The molecule has 2 N–H and O–H groups in total. The van der Waals surface area contributed by atoms with Crippen LogP contribution in [0.2, 0.25) is 0 Å². The van der Waals surface area contributed by atoms with Gasteiger partial charge in [0.2, 0.25) is 0 Å². The lowest BCUT2D eigenvalue weighted by molar-refractivity contribution is -0.206. The predicted molar refractivity (Wildman–Crippen MR) is 78.1 cm³/mol. The number of fused-ring (bicyclic) bond motifs is 1. The number of halogens is 3. The standard InChI is InChI=1S/C16H17F3N2O3/c1-15(11-6-5-9-3-2-4-10(9)7-11)13(23)21(14(24)20-15)8-12(22)16(17,18)19/h5-7,12,22H,2-4,8H2,1H3,(H,20,24)/t12-,15-/m0/s1. The van der Waals surface area contributed by atoms with Gasteiger partial charge in [0.1, 0.15) is 5.54 Å². The maximum Gasteiger partial charge on any atom is 0.416 e. The second-order valence-electron chi connectivity index (χ2n) is 6.37. The van der Waals surface area contributed by atoms with Crippen LogP contribution in [0, 0.1) is 0 Å². The zero-order valence-corrected chi connectivity index (χ0v) is 13.0. The number of amides is 3. The van der Waals surface area contributed by atoms with E-state index in [0.29, 0.717) is 10.5 Å². The summed E-state index contributed by atoms with van der Waals surface area (Å²) in [5.74, 6) is -0.797. The molecule has 2 aliphatic rings. The van der Waals surface area contributed by atoms with Crippen LogP contribution in [0.1, 0.15) is 30.0 Å². The number of nitrogens with zero attached hydrogens (tertiary/aromatic N) is 1.